The molecule has 0 radical (unpaired) electrons. The van der Waals surface area contributed by atoms with Crippen molar-refractivity contribution < 1.29 is 19.0 Å². The first-order chi connectivity index (χ1) is 11.9. The summed E-state index contributed by atoms with van der Waals surface area (Å²) in [6.07, 6.45) is -0.109. The van der Waals surface area contributed by atoms with E-state index >= 15 is 0 Å². The van der Waals surface area contributed by atoms with E-state index in [-0.39, 0.29) is 18.3 Å². The molecule has 2 N–H and O–H groups in total. The van der Waals surface area contributed by atoms with Gasteiger partial charge in [0.2, 0.25) is 0 Å². The second kappa shape index (κ2) is 8.62. The van der Waals surface area contributed by atoms with Crippen LogP contribution in [0, 0.1) is 12.7 Å². The Hall–Kier alpha value is -2.40. The Morgan fingerprint density at radius 3 is 2.72 bits per heavy atom. The average molecular weight is 345 g/mol. The number of rotatable bonds is 7. The molecule has 4 nitrogen and oxygen atoms in total. The summed E-state index contributed by atoms with van der Waals surface area (Å²) < 4.78 is 19.1. The van der Waals surface area contributed by atoms with Gasteiger partial charge in [0.15, 0.2) is 6.61 Å². The molecule has 0 aliphatic rings. The average Bonchev–Trinajstić information content (AvgIpc) is 2.61. The van der Waals surface area contributed by atoms with Crippen LogP contribution in [-0.2, 0) is 11.2 Å². The van der Waals surface area contributed by atoms with Crippen LogP contribution >= 0.6 is 0 Å². The first-order valence-corrected chi connectivity index (χ1v) is 8.36. The van der Waals surface area contributed by atoms with Gasteiger partial charge in [-0.1, -0.05) is 31.2 Å². The monoisotopic (exact) mass is 345 g/mol. The smallest absolute Gasteiger partial charge is 0.258 e. The highest BCUT2D eigenvalue weighted by Gasteiger charge is 2.19. The van der Waals surface area contributed by atoms with Crippen molar-refractivity contribution in [1.82, 2.24) is 5.32 Å². The van der Waals surface area contributed by atoms with E-state index in [1.807, 2.05) is 25.1 Å². The molecule has 0 saturated heterocycles. The summed E-state index contributed by atoms with van der Waals surface area (Å²) >= 11 is 0. The van der Waals surface area contributed by atoms with Gasteiger partial charge >= 0.3 is 0 Å². The number of hydrogen-bond acceptors (Lipinski definition) is 3. The van der Waals surface area contributed by atoms with Gasteiger partial charge in [0.25, 0.3) is 5.91 Å². The van der Waals surface area contributed by atoms with Crippen molar-refractivity contribution in [1.29, 1.82) is 0 Å². The Labute approximate surface area is 147 Å². The van der Waals surface area contributed by atoms with E-state index < -0.39 is 12.1 Å². The molecule has 0 aromatic heterocycles. The Morgan fingerprint density at radius 1 is 1.28 bits per heavy atom. The van der Waals surface area contributed by atoms with Crippen molar-refractivity contribution in [3.05, 3.63) is 65.0 Å². The van der Waals surface area contributed by atoms with Crippen molar-refractivity contribution in [3.63, 3.8) is 0 Å². The second-order valence-electron chi connectivity index (χ2n) is 6.10. The number of nitrogens with one attached hydrogen (secondary N) is 1. The van der Waals surface area contributed by atoms with E-state index in [0.29, 0.717) is 16.9 Å². The fourth-order valence-corrected chi connectivity index (χ4v) is 2.46. The van der Waals surface area contributed by atoms with Gasteiger partial charge in [-0.15, -0.1) is 0 Å². The Bertz CT molecular complexity index is 733. The van der Waals surface area contributed by atoms with E-state index in [1.54, 1.807) is 32.0 Å². The molecular formula is C20H24FNO3. The lowest BCUT2D eigenvalue weighted by Gasteiger charge is -2.21. The molecule has 0 aliphatic carbocycles. The molecule has 2 rings (SSSR count). The number of aliphatic hydroxyl groups excluding tert-OH is 1. The fourth-order valence-electron chi connectivity index (χ4n) is 2.46. The van der Waals surface area contributed by atoms with Crippen LogP contribution in [0.25, 0.3) is 0 Å². The molecule has 0 fully saturated rings. The van der Waals surface area contributed by atoms with Crippen LogP contribution in [0.3, 0.4) is 0 Å². The molecule has 2 aromatic rings. The van der Waals surface area contributed by atoms with Crippen LogP contribution < -0.4 is 10.1 Å². The van der Waals surface area contributed by atoms with Crippen molar-refractivity contribution in [2.45, 2.75) is 39.3 Å². The maximum absolute atomic E-state index is 13.6. The van der Waals surface area contributed by atoms with Gasteiger partial charge in [0, 0.05) is 0 Å². The minimum atomic E-state index is -0.998. The molecule has 25 heavy (non-hydrogen) atoms. The molecule has 134 valence electrons. The molecule has 0 spiro atoms. The number of aryl methyl sites for hydroxylation is 2. The molecule has 1 amide bonds. The minimum absolute atomic E-state index is 0.146. The number of carbonyl (C=O) groups is 1. The maximum atomic E-state index is 13.6. The molecular weight excluding hydrogens is 321 g/mol. The van der Waals surface area contributed by atoms with Crippen LogP contribution in [0.2, 0.25) is 0 Å². The zero-order valence-corrected chi connectivity index (χ0v) is 14.8. The van der Waals surface area contributed by atoms with Crippen LogP contribution in [0.5, 0.6) is 5.75 Å². The summed E-state index contributed by atoms with van der Waals surface area (Å²) in [5.74, 6) is -0.0986. The largest absolute Gasteiger partial charge is 0.484 e. The van der Waals surface area contributed by atoms with Crippen molar-refractivity contribution in [2.75, 3.05) is 6.61 Å². The van der Waals surface area contributed by atoms with Crippen molar-refractivity contribution >= 4 is 5.91 Å². The van der Waals surface area contributed by atoms with Gasteiger partial charge in [0.05, 0.1) is 12.1 Å². The standard InChI is InChI=1S/C20H24FNO3/c1-4-15-6-5-7-17(10-15)25-12-19(23)22-14(3)20(24)16-9-8-13(2)18(21)11-16/h5-11,14,20,24H,4,12H2,1-3H3,(H,22,23). The normalized spacial score (nSPS) is 13.2. The first-order valence-electron chi connectivity index (χ1n) is 8.36. The third-order valence-electron chi connectivity index (χ3n) is 4.08. The van der Waals surface area contributed by atoms with E-state index in [2.05, 4.69) is 5.32 Å². The molecule has 0 aliphatic heterocycles. The predicted octanol–water partition coefficient (Wildman–Crippen LogP) is 3.31. The SMILES string of the molecule is CCc1cccc(OCC(=O)NC(C)C(O)c2ccc(C)c(F)c2)c1. The number of carbonyl (C=O) groups excluding carboxylic acids is 1. The van der Waals surface area contributed by atoms with Crippen molar-refractivity contribution in [3.8, 4) is 5.75 Å². The lowest BCUT2D eigenvalue weighted by Crippen LogP contribution is -2.39. The van der Waals surface area contributed by atoms with Gasteiger partial charge < -0.3 is 15.2 Å². The second-order valence-corrected chi connectivity index (χ2v) is 6.10. The van der Waals surface area contributed by atoms with Gasteiger partial charge in [-0.25, -0.2) is 4.39 Å². The van der Waals surface area contributed by atoms with Crippen LogP contribution in [0.15, 0.2) is 42.5 Å². The minimum Gasteiger partial charge on any atom is -0.484 e. The summed E-state index contributed by atoms with van der Waals surface area (Å²) in [7, 11) is 0. The zero-order valence-electron chi connectivity index (χ0n) is 14.8. The highest BCUT2D eigenvalue weighted by atomic mass is 19.1. The van der Waals surface area contributed by atoms with Crippen molar-refractivity contribution in [2.24, 2.45) is 0 Å². The molecule has 5 heteroatoms. The van der Waals surface area contributed by atoms with E-state index in [4.69, 9.17) is 4.74 Å². The van der Waals surface area contributed by atoms with E-state index in [1.165, 1.54) is 6.07 Å². The number of amides is 1. The topological polar surface area (TPSA) is 58.6 Å². The number of hydrogen-bond donors (Lipinski definition) is 2. The molecule has 0 bridgehead atoms. The van der Waals surface area contributed by atoms with Gasteiger partial charge in [-0.2, -0.15) is 0 Å². The Balaban J connectivity index is 1.89. The maximum Gasteiger partial charge on any atom is 0.258 e. The molecule has 0 saturated carbocycles. The summed E-state index contributed by atoms with van der Waals surface area (Å²) in [6.45, 7) is 5.22. The molecule has 2 unspecified atom stereocenters. The highest BCUT2D eigenvalue weighted by Crippen LogP contribution is 2.19. The lowest BCUT2D eigenvalue weighted by atomic mass is 10.0. The Kier molecular flexibility index (Phi) is 6.53. The summed E-state index contributed by atoms with van der Waals surface area (Å²) in [6, 6.07) is 11.5. The number of halogens is 1. The number of aliphatic hydroxyl groups is 1. The first kappa shape index (κ1) is 18.9. The molecule has 2 atom stereocenters. The highest BCUT2D eigenvalue weighted by molar-refractivity contribution is 5.77. The molecule has 2 aromatic carbocycles. The van der Waals surface area contributed by atoms with E-state index in [9.17, 15) is 14.3 Å². The van der Waals surface area contributed by atoms with Gasteiger partial charge in [-0.3, -0.25) is 4.79 Å². The van der Waals surface area contributed by atoms with Crippen LogP contribution in [0.1, 0.15) is 36.6 Å². The lowest BCUT2D eigenvalue weighted by molar-refractivity contribution is -0.124. The zero-order chi connectivity index (χ0) is 18.4. The number of ether oxygens (including phenoxy) is 1. The van der Waals surface area contributed by atoms with Crippen LogP contribution in [0.4, 0.5) is 4.39 Å². The van der Waals surface area contributed by atoms with E-state index in [0.717, 1.165) is 12.0 Å². The fraction of sp³-hybridized carbons (Fsp3) is 0.350. The summed E-state index contributed by atoms with van der Waals surface area (Å²) in [4.78, 5) is 12.0. The summed E-state index contributed by atoms with van der Waals surface area (Å²) in [5.41, 5.74) is 2.06. The molecule has 0 heterocycles. The third-order valence-corrected chi connectivity index (χ3v) is 4.08. The van der Waals surface area contributed by atoms with Crippen LogP contribution in [-0.4, -0.2) is 23.7 Å². The van der Waals surface area contributed by atoms with Gasteiger partial charge in [-0.05, 0) is 55.2 Å². The summed E-state index contributed by atoms with van der Waals surface area (Å²) in [5, 5.41) is 13.0. The quantitative estimate of drug-likeness (QED) is 0.809. The Morgan fingerprint density at radius 2 is 2.04 bits per heavy atom. The van der Waals surface area contributed by atoms with Gasteiger partial charge in [0.1, 0.15) is 11.6 Å². The number of benzene rings is 2. The third kappa shape index (κ3) is 5.29. The predicted molar refractivity (Wildman–Crippen MR) is 95.0 cm³/mol.